The summed E-state index contributed by atoms with van der Waals surface area (Å²) in [6.45, 7) is 7.57. The zero-order valence-corrected chi connectivity index (χ0v) is 21.2. The van der Waals surface area contributed by atoms with Gasteiger partial charge in [0.2, 0.25) is 0 Å². The van der Waals surface area contributed by atoms with Crippen LogP contribution >= 0.6 is 11.6 Å². The maximum Gasteiger partial charge on any atom is 0.150 e. The smallest absolute Gasteiger partial charge is 0.150 e. The molecule has 0 unspecified atom stereocenters. The molecule has 0 aliphatic rings. The van der Waals surface area contributed by atoms with E-state index in [0.717, 1.165) is 30.4 Å². The number of benzene rings is 3. The fourth-order valence-corrected chi connectivity index (χ4v) is 4.50. The Bertz CT molecular complexity index is 1350. The van der Waals surface area contributed by atoms with Gasteiger partial charge in [-0.3, -0.25) is 4.79 Å². The van der Waals surface area contributed by atoms with Crippen LogP contribution in [0.4, 0.5) is 0 Å². The van der Waals surface area contributed by atoms with Crippen LogP contribution < -0.4 is 4.74 Å². The molecular formula is C31H30ClNO2. The van der Waals surface area contributed by atoms with Gasteiger partial charge < -0.3 is 9.30 Å². The molecular weight excluding hydrogens is 454 g/mol. The lowest BCUT2D eigenvalue weighted by atomic mass is 9.91. The third kappa shape index (κ3) is 5.75. The minimum Gasteiger partial charge on any atom is -0.487 e. The number of aldehydes is 1. The number of nitrogens with zero attached hydrogens (tertiary/aromatic N) is 1. The zero-order valence-electron chi connectivity index (χ0n) is 20.4. The third-order valence-corrected chi connectivity index (χ3v) is 6.76. The van der Waals surface area contributed by atoms with E-state index < -0.39 is 0 Å². The maximum absolute atomic E-state index is 11.2. The number of allylic oxidation sites excluding steroid dienone is 1. The second-order valence-corrected chi connectivity index (χ2v) is 9.17. The number of aromatic nitrogens is 1. The summed E-state index contributed by atoms with van der Waals surface area (Å²) in [6, 6.07) is 20.4. The summed E-state index contributed by atoms with van der Waals surface area (Å²) in [5, 5.41) is 0.443. The second kappa shape index (κ2) is 11.2. The number of hydrogen-bond acceptors (Lipinski definition) is 2. The van der Waals surface area contributed by atoms with Gasteiger partial charge in [-0.2, -0.15) is 0 Å². The highest BCUT2D eigenvalue weighted by Crippen LogP contribution is 2.32. The molecule has 0 saturated carbocycles. The van der Waals surface area contributed by atoms with Crippen LogP contribution in [-0.2, 0) is 13.2 Å². The van der Waals surface area contributed by atoms with E-state index >= 15 is 0 Å². The Morgan fingerprint density at radius 3 is 2.34 bits per heavy atom. The average Bonchev–Trinajstić information content (AvgIpc) is 3.37. The van der Waals surface area contributed by atoms with Crippen molar-refractivity contribution in [3.63, 3.8) is 0 Å². The van der Waals surface area contributed by atoms with Crippen molar-refractivity contribution >= 4 is 24.0 Å². The monoisotopic (exact) mass is 483 g/mol. The SMILES string of the molecule is Cc1cc(OCc2cccc(-c3cccc(/C=C/CCn4cccc4)c3C)c2C)c(Cl)cc1C=O. The summed E-state index contributed by atoms with van der Waals surface area (Å²) in [6.07, 6.45) is 10.4. The molecule has 4 heteroatoms. The molecule has 0 spiro atoms. The van der Waals surface area contributed by atoms with Crippen LogP contribution in [0.5, 0.6) is 5.75 Å². The first-order valence-corrected chi connectivity index (χ1v) is 12.2. The Balaban J connectivity index is 1.52. The molecule has 1 heterocycles. The van der Waals surface area contributed by atoms with Crippen LogP contribution in [0.15, 0.2) is 79.1 Å². The van der Waals surface area contributed by atoms with Crippen molar-refractivity contribution in [3.05, 3.63) is 118 Å². The fraction of sp³-hybridized carbons (Fsp3) is 0.194. The van der Waals surface area contributed by atoms with Crippen LogP contribution in [0, 0.1) is 20.8 Å². The zero-order chi connectivity index (χ0) is 24.8. The van der Waals surface area contributed by atoms with Gasteiger partial charge in [-0.05, 0) is 90.4 Å². The molecule has 178 valence electrons. The van der Waals surface area contributed by atoms with Gasteiger partial charge in [0.05, 0.1) is 5.02 Å². The van der Waals surface area contributed by atoms with Crippen molar-refractivity contribution in [2.24, 2.45) is 0 Å². The van der Waals surface area contributed by atoms with Crippen molar-refractivity contribution in [2.75, 3.05) is 0 Å². The minimum atomic E-state index is 0.400. The molecule has 4 aromatic rings. The highest BCUT2D eigenvalue weighted by atomic mass is 35.5. The van der Waals surface area contributed by atoms with Crippen LogP contribution in [0.2, 0.25) is 5.02 Å². The predicted octanol–water partition coefficient (Wildman–Crippen LogP) is 8.23. The third-order valence-electron chi connectivity index (χ3n) is 6.46. The summed E-state index contributed by atoms with van der Waals surface area (Å²) in [4.78, 5) is 11.2. The number of carbonyl (C=O) groups excluding carboxylic acids is 1. The van der Waals surface area contributed by atoms with Gasteiger partial charge in [-0.15, -0.1) is 0 Å². The molecule has 0 amide bonds. The quantitative estimate of drug-likeness (QED) is 0.224. The molecule has 1 aromatic heterocycles. The number of aryl methyl sites for hydroxylation is 2. The van der Waals surface area contributed by atoms with E-state index in [4.69, 9.17) is 16.3 Å². The number of rotatable bonds is 9. The molecule has 0 radical (unpaired) electrons. The van der Waals surface area contributed by atoms with Crippen molar-refractivity contribution in [3.8, 4) is 16.9 Å². The summed E-state index contributed by atoms with van der Waals surface area (Å²) < 4.78 is 8.25. The molecule has 4 rings (SSSR count). The molecule has 0 saturated heterocycles. The van der Waals surface area contributed by atoms with Gasteiger partial charge in [0.1, 0.15) is 18.6 Å². The molecule has 3 nitrogen and oxygen atoms in total. The highest BCUT2D eigenvalue weighted by Gasteiger charge is 2.12. The van der Waals surface area contributed by atoms with Gasteiger partial charge in [0.15, 0.2) is 0 Å². The van der Waals surface area contributed by atoms with E-state index in [-0.39, 0.29) is 0 Å². The van der Waals surface area contributed by atoms with E-state index in [9.17, 15) is 4.79 Å². The molecule has 0 bridgehead atoms. The topological polar surface area (TPSA) is 31.2 Å². The van der Waals surface area contributed by atoms with E-state index in [1.165, 1.54) is 27.8 Å². The van der Waals surface area contributed by atoms with Gasteiger partial charge in [-0.1, -0.05) is 60.2 Å². The summed E-state index contributed by atoms with van der Waals surface area (Å²) in [5.41, 5.74) is 8.62. The number of hydrogen-bond donors (Lipinski definition) is 0. The summed E-state index contributed by atoms with van der Waals surface area (Å²) in [5.74, 6) is 0.586. The van der Waals surface area contributed by atoms with Gasteiger partial charge in [0.25, 0.3) is 0 Å². The normalized spacial score (nSPS) is 11.2. The molecule has 0 aliphatic heterocycles. The lowest BCUT2D eigenvalue weighted by Gasteiger charge is -2.16. The highest BCUT2D eigenvalue weighted by molar-refractivity contribution is 6.32. The lowest BCUT2D eigenvalue weighted by molar-refractivity contribution is 0.112. The van der Waals surface area contributed by atoms with E-state index in [0.29, 0.717) is 22.9 Å². The van der Waals surface area contributed by atoms with Gasteiger partial charge in [0, 0.05) is 24.5 Å². The van der Waals surface area contributed by atoms with Crippen molar-refractivity contribution in [2.45, 2.75) is 40.3 Å². The number of halogens is 1. The minimum absolute atomic E-state index is 0.400. The van der Waals surface area contributed by atoms with Crippen molar-refractivity contribution < 1.29 is 9.53 Å². The van der Waals surface area contributed by atoms with E-state index in [1.54, 1.807) is 6.07 Å². The van der Waals surface area contributed by atoms with Crippen LogP contribution in [-0.4, -0.2) is 10.9 Å². The molecule has 0 N–H and O–H groups in total. The predicted molar refractivity (Wildman–Crippen MR) is 145 cm³/mol. The largest absolute Gasteiger partial charge is 0.487 e. The average molecular weight is 484 g/mol. The summed E-state index contributed by atoms with van der Waals surface area (Å²) in [7, 11) is 0. The Morgan fingerprint density at radius 1 is 0.886 bits per heavy atom. The number of carbonyl (C=O) groups is 1. The molecule has 0 aliphatic carbocycles. The molecule has 35 heavy (non-hydrogen) atoms. The number of ether oxygens (including phenoxy) is 1. The van der Waals surface area contributed by atoms with E-state index in [2.05, 4.69) is 91.5 Å². The first kappa shape index (κ1) is 24.6. The second-order valence-electron chi connectivity index (χ2n) is 8.77. The van der Waals surface area contributed by atoms with Crippen LogP contribution in [0.25, 0.3) is 17.2 Å². The Hall–Kier alpha value is -3.56. The summed E-state index contributed by atoms with van der Waals surface area (Å²) >= 11 is 6.34. The van der Waals surface area contributed by atoms with Crippen LogP contribution in [0.1, 0.15) is 44.6 Å². The first-order chi connectivity index (χ1) is 17.0. The Morgan fingerprint density at radius 2 is 1.60 bits per heavy atom. The Kier molecular flexibility index (Phi) is 7.89. The van der Waals surface area contributed by atoms with Gasteiger partial charge in [-0.25, -0.2) is 0 Å². The molecule has 0 atom stereocenters. The van der Waals surface area contributed by atoms with Crippen LogP contribution in [0.3, 0.4) is 0 Å². The molecule has 0 fully saturated rings. The maximum atomic E-state index is 11.2. The standard InChI is InChI=1S/C31H30ClNO2/c1-22-18-31(30(32)19-27(22)20-34)35-21-26-12-9-14-29(24(26)3)28-13-8-11-25(23(28)2)10-4-5-15-33-16-6-7-17-33/h4,6-14,16-20H,5,15,21H2,1-3H3/b10-4+. The van der Waals surface area contributed by atoms with Crippen molar-refractivity contribution in [1.82, 2.24) is 4.57 Å². The fourth-order valence-electron chi connectivity index (χ4n) is 4.27. The van der Waals surface area contributed by atoms with Gasteiger partial charge >= 0.3 is 0 Å². The lowest BCUT2D eigenvalue weighted by Crippen LogP contribution is -2.01. The Labute approximate surface area is 212 Å². The first-order valence-electron chi connectivity index (χ1n) is 11.8. The molecule has 3 aromatic carbocycles. The van der Waals surface area contributed by atoms with Crippen molar-refractivity contribution in [1.29, 1.82) is 0 Å². The van der Waals surface area contributed by atoms with E-state index in [1.807, 2.05) is 13.0 Å².